The Morgan fingerprint density at radius 3 is 2.46 bits per heavy atom. The van der Waals surface area contributed by atoms with Crippen LogP contribution in [0.1, 0.15) is 64.7 Å². The molecule has 136 valence electrons. The molecule has 3 aliphatic rings. The molecule has 24 heavy (non-hydrogen) atoms. The van der Waals surface area contributed by atoms with Gasteiger partial charge >= 0.3 is 0 Å². The minimum Gasteiger partial charge on any atom is -0.353 e. The lowest BCUT2D eigenvalue weighted by atomic mass is 9.84. The highest BCUT2D eigenvalue weighted by Crippen LogP contribution is 2.29. The van der Waals surface area contributed by atoms with E-state index in [4.69, 9.17) is 0 Å². The summed E-state index contributed by atoms with van der Waals surface area (Å²) in [7, 11) is 0. The number of nitrogens with zero attached hydrogens (tertiary/aromatic N) is 1. The molecule has 5 nitrogen and oxygen atoms in total. The van der Waals surface area contributed by atoms with Crippen LogP contribution in [-0.2, 0) is 9.59 Å². The number of rotatable bonds is 4. The third-order valence-electron chi connectivity index (χ3n) is 6.17. The number of carbonyl (C=O) groups is 2. The minimum atomic E-state index is 0.161. The number of piperazine rings is 1. The maximum Gasteiger partial charge on any atom is 0.226 e. The molecule has 0 aromatic rings. The van der Waals surface area contributed by atoms with Gasteiger partial charge in [-0.25, -0.2) is 0 Å². The molecule has 5 heteroatoms. The summed E-state index contributed by atoms with van der Waals surface area (Å²) in [6, 6.07) is 0.582. The highest BCUT2D eigenvalue weighted by molar-refractivity contribution is 5.79. The Morgan fingerprint density at radius 1 is 1.08 bits per heavy atom. The van der Waals surface area contributed by atoms with Crippen LogP contribution in [0.4, 0.5) is 0 Å². The van der Waals surface area contributed by atoms with Crippen molar-refractivity contribution in [1.82, 2.24) is 15.5 Å². The van der Waals surface area contributed by atoms with E-state index in [2.05, 4.69) is 22.5 Å². The number of hydrogen-bond donors (Lipinski definition) is 2. The third-order valence-corrected chi connectivity index (χ3v) is 6.17. The zero-order chi connectivity index (χ0) is 16.9. The predicted octanol–water partition coefficient (Wildman–Crippen LogP) is 2.06. The highest BCUT2D eigenvalue weighted by Gasteiger charge is 2.32. The van der Waals surface area contributed by atoms with Gasteiger partial charge in [-0.15, -0.1) is 0 Å². The van der Waals surface area contributed by atoms with Gasteiger partial charge in [0.1, 0.15) is 0 Å². The van der Waals surface area contributed by atoms with Crippen molar-refractivity contribution in [2.75, 3.05) is 19.6 Å². The van der Waals surface area contributed by atoms with E-state index in [1.807, 2.05) is 0 Å². The van der Waals surface area contributed by atoms with Crippen molar-refractivity contribution in [3.8, 4) is 0 Å². The van der Waals surface area contributed by atoms with Crippen LogP contribution in [0.25, 0.3) is 0 Å². The zero-order valence-electron chi connectivity index (χ0n) is 15.1. The lowest BCUT2D eigenvalue weighted by molar-refractivity contribution is -0.139. The van der Waals surface area contributed by atoms with Crippen LogP contribution >= 0.6 is 0 Å². The van der Waals surface area contributed by atoms with Crippen molar-refractivity contribution >= 4 is 11.8 Å². The summed E-state index contributed by atoms with van der Waals surface area (Å²) in [6.07, 6.45) is 9.46. The Bertz CT molecular complexity index is 440. The molecule has 0 radical (unpaired) electrons. The number of carbonyl (C=O) groups excluding carboxylic acids is 2. The molecule has 2 saturated carbocycles. The molecule has 0 bridgehead atoms. The number of amides is 2. The Kier molecular flexibility index (Phi) is 6.14. The van der Waals surface area contributed by atoms with E-state index < -0.39 is 0 Å². The number of nitrogens with one attached hydrogen (secondary N) is 2. The van der Waals surface area contributed by atoms with Gasteiger partial charge in [0.25, 0.3) is 0 Å². The van der Waals surface area contributed by atoms with Crippen LogP contribution in [0.3, 0.4) is 0 Å². The molecule has 3 rings (SSSR count). The first kappa shape index (κ1) is 17.7. The molecule has 0 aromatic carbocycles. The van der Waals surface area contributed by atoms with E-state index in [1.54, 1.807) is 0 Å². The van der Waals surface area contributed by atoms with Gasteiger partial charge in [0, 0.05) is 44.1 Å². The molecule has 0 unspecified atom stereocenters. The van der Waals surface area contributed by atoms with Crippen LogP contribution < -0.4 is 10.6 Å². The summed E-state index contributed by atoms with van der Waals surface area (Å²) in [5, 5.41) is 6.56. The average molecular weight is 335 g/mol. The van der Waals surface area contributed by atoms with Crippen LogP contribution in [0.5, 0.6) is 0 Å². The highest BCUT2D eigenvalue weighted by atomic mass is 16.2. The molecule has 0 aromatic heterocycles. The fourth-order valence-corrected chi connectivity index (χ4v) is 4.65. The van der Waals surface area contributed by atoms with E-state index in [0.29, 0.717) is 24.3 Å². The van der Waals surface area contributed by atoms with E-state index in [0.717, 1.165) is 45.3 Å². The summed E-state index contributed by atoms with van der Waals surface area (Å²) >= 11 is 0. The summed E-state index contributed by atoms with van der Waals surface area (Å²) < 4.78 is 0. The third kappa shape index (κ3) is 4.50. The Morgan fingerprint density at radius 2 is 1.79 bits per heavy atom. The summed E-state index contributed by atoms with van der Waals surface area (Å²) in [5.74, 6) is 1.33. The Labute approximate surface area is 145 Å². The Hall–Kier alpha value is -1.10. The first-order chi connectivity index (χ1) is 11.6. The molecule has 3 fully saturated rings. The van der Waals surface area contributed by atoms with Gasteiger partial charge in [0.2, 0.25) is 11.8 Å². The van der Waals surface area contributed by atoms with Gasteiger partial charge < -0.3 is 15.5 Å². The quantitative estimate of drug-likeness (QED) is 0.827. The Balaban J connectivity index is 1.40. The minimum absolute atomic E-state index is 0.161. The predicted molar refractivity (Wildman–Crippen MR) is 94.5 cm³/mol. The van der Waals surface area contributed by atoms with Crippen LogP contribution in [-0.4, -0.2) is 48.4 Å². The second-order valence-electron chi connectivity index (χ2n) is 8.06. The second kappa shape index (κ2) is 8.32. The molecule has 1 heterocycles. The van der Waals surface area contributed by atoms with Crippen molar-refractivity contribution in [3.05, 3.63) is 0 Å². The van der Waals surface area contributed by atoms with Gasteiger partial charge in [0.15, 0.2) is 0 Å². The summed E-state index contributed by atoms with van der Waals surface area (Å²) in [4.78, 5) is 27.0. The molecule has 2 N–H and O–H groups in total. The van der Waals surface area contributed by atoms with Gasteiger partial charge in [-0.2, -0.15) is 0 Å². The monoisotopic (exact) mass is 335 g/mol. The lowest BCUT2D eigenvalue weighted by Gasteiger charge is -2.38. The van der Waals surface area contributed by atoms with Gasteiger partial charge in [-0.05, 0) is 51.4 Å². The average Bonchev–Trinajstić information content (AvgIpc) is 3.08. The van der Waals surface area contributed by atoms with Crippen LogP contribution in [0.2, 0.25) is 0 Å². The molecule has 2 aliphatic carbocycles. The molecular weight excluding hydrogens is 302 g/mol. The van der Waals surface area contributed by atoms with Crippen molar-refractivity contribution < 1.29 is 9.59 Å². The van der Waals surface area contributed by atoms with Crippen molar-refractivity contribution in [2.45, 2.75) is 76.8 Å². The maximum atomic E-state index is 12.7. The molecule has 2 amide bonds. The largest absolute Gasteiger partial charge is 0.353 e. The molecule has 1 aliphatic heterocycles. The smallest absolute Gasteiger partial charge is 0.226 e. The van der Waals surface area contributed by atoms with Crippen LogP contribution in [0.15, 0.2) is 0 Å². The van der Waals surface area contributed by atoms with Crippen molar-refractivity contribution in [2.24, 2.45) is 11.8 Å². The van der Waals surface area contributed by atoms with Crippen LogP contribution in [0, 0.1) is 11.8 Å². The van der Waals surface area contributed by atoms with E-state index in [9.17, 15) is 9.59 Å². The standard InChI is InChI=1S/C19H33N3O2/c1-14-13-20-10-11-22(14)19(24)16-6-8-17(9-7-16)21-18(23)12-15-4-2-3-5-15/h14-17,20H,2-13H2,1H3,(H,21,23)/t14-,16?,17?/m1/s1. The first-order valence-corrected chi connectivity index (χ1v) is 9.94. The first-order valence-electron chi connectivity index (χ1n) is 9.94. The second-order valence-corrected chi connectivity index (χ2v) is 8.06. The van der Waals surface area contributed by atoms with Gasteiger partial charge in [-0.1, -0.05) is 12.8 Å². The van der Waals surface area contributed by atoms with E-state index >= 15 is 0 Å². The summed E-state index contributed by atoms with van der Waals surface area (Å²) in [6.45, 7) is 4.76. The van der Waals surface area contributed by atoms with E-state index in [1.165, 1.54) is 25.7 Å². The summed E-state index contributed by atoms with van der Waals surface area (Å²) in [5.41, 5.74) is 0. The zero-order valence-corrected chi connectivity index (χ0v) is 15.1. The topological polar surface area (TPSA) is 61.4 Å². The lowest BCUT2D eigenvalue weighted by Crippen LogP contribution is -2.54. The fourth-order valence-electron chi connectivity index (χ4n) is 4.65. The molecule has 1 saturated heterocycles. The normalized spacial score (nSPS) is 31.9. The fraction of sp³-hybridized carbons (Fsp3) is 0.895. The maximum absolute atomic E-state index is 12.7. The van der Waals surface area contributed by atoms with E-state index in [-0.39, 0.29) is 17.9 Å². The molecular formula is C19H33N3O2. The molecule has 1 atom stereocenters. The van der Waals surface area contributed by atoms with Gasteiger partial charge in [-0.3, -0.25) is 9.59 Å². The van der Waals surface area contributed by atoms with Crippen molar-refractivity contribution in [1.29, 1.82) is 0 Å². The van der Waals surface area contributed by atoms with Crippen molar-refractivity contribution in [3.63, 3.8) is 0 Å². The molecule has 0 spiro atoms. The SMILES string of the molecule is C[C@@H]1CNCCN1C(=O)C1CCC(NC(=O)CC2CCCC2)CC1. The number of hydrogen-bond acceptors (Lipinski definition) is 3. The van der Waals surface area contributed by atoms with Gasteiger partial charge in [0.05, 0.1) is 0 Å².